The number of alkyl halides is 3. The Labute approximate surface area is 184 Å². The molecule has 0 saturated carbocycles. The minimum Gasteiger partial charge on any atom is -0.386 e. The second-order valence-electron chi connectivity index (χ2n) is 5.87. The molecular formula is C21H29F5N4O2. The van der Waals surface area contributed by atoms with Gasteiger partial charge in [-0.2, -0.15) is 0 Å². The Kier molecular flexibility index (Phi) is 17.1. The average molecular weight is 464 g/mol. The largest absolute Gasteiger partial charge is 0.386 e. The van der Waals surface area contributed by atoms with Gasteiger partial charge in [-0.05, 0) is 49.7 Å². The van der Waals surface area contributed by atoms with E-state index in [0.29, 0.717) is 37.5 Å². The first-order chi connectivity index (χ1) is 14.8. The van der Waals surface area contributed by atoms with Gasteiger partial charge in [-0.15, -0.1) is 0 Å². The van der Waals surface area contributed by atoms with Gasteiger partial charge in [0, 0.05) is 5.69 Å². The number of rotatable bonds is 2. The number of halogens is 5. The Morgan fingerprint density at radius 1 is 1.19 bits per heavy atom. The number of aliphatic imine (C=N–C) groups is 1. The van der Waals surface area contributed by atoms with E-state index in [2.05, 4.69) is 15.3 Å². The van der Waals surface area contributed by atoms with Gasteiger partial charge in [-0.1, -0.05) is 7.43 Å². The Bertz CT molecular complexity index is 820. The van der Waals surface area contributed by atoms with E-state index in [4.69, 9.17) is 10.5 Å². The molecule has 0 fully saturated rings. The Morgan fingerprint density at radius 3 is 2.19 bits per heavy atom. The summed E-state index contributed by atoms with van der Waals surface area (Å²) >= 11 is 0. The number of carbonyl (C=O) groups excluding carboxylic acids is 1. The van der Waals surface area contributed by atoms with Gasteiger partial charge in [-0.25, -0.2) is 22.5 Å². The summed E-state index contributed by atoms with van der Waals surface area (Å²) in [5, 5.41) is 2.56. The van der Waals surface area contributed by atoms with Crippen molar-refractivity contribution in [2.24, 2.45) is 10.7 Å². The highest BCUT2D eigenvalue weighted by Gasteiger charge is 2.11. The van der Waals surface area contributed by atoms with Crippen molar-refractivity contribution >= 4 is 17.4 Å². The van der Waals surface area contributed by atoms with Gasteiger partial charge in [0.2, 0.25) is 6.93 Å². The number of ether oxygens (including phenoxy) is 1. The fraction of sp³-hybridized carbons (Fsp3) is 0.381. The summed E-state index contributed by atoms with van der Waals surface area (Å²) < 4.78 is 59.3. The molecule has 0 saturated heterocycles. The number of hydrogen-bond donors (Lipinski definition) is 2. The van der Waals surface area contributed by atoms with Crippen molar-refractivity contribution in [3.05, 3.63) is 59.4 Å². The zero-order valence-corrected chi connectivity index (χ0v) is 17.3. The number of nitrogens with one attached hydrogen (secondary N) is 1. The molecule has 1 aliphatic heterocycles. The van der Waals surface area contributed by atoms with Crippen LogP contribution in [0.2, 0.25) is 0 Å². The quantitative estimate of drug-likeness (QED) is 0.626. The van der Waals surface area contributed by atoms with E-state index in [1.165, 1.54) is 30.3 Å². The minimum absolute atomic E-state index is 0. The molecule has 6 nitrogen and oxygen atoms in total. The van der Waals surface area contributed by atoms with E-state index in [1.807, 2.05) is 6.92 Å². The number of nitrogens with zero attached hydrogens (tertiary/aromatic N) is 2. The summed E-state index contributed by atoms with van der Waals surface area (Å²) in [7, 11) is 0.500. The number of benzene rings is 1. The fourth-order valence-corrected chi connectivity index (χ4v) is 2.19. The van der Waals surface area contributed by atoms with Crippen molar-refractivity contribution < 1.29 is 31.5 Å². The van der Waals surface area contributed by atoms with Crippen molar-refractivity contribution in [1.29, 1.82) is 0 Å². The molecule has 2 aromatic rings. The predicted octanol–water partition coefficient (Wildman–Crippen LogP) is 4.79. The fourth-order valence-electron chi connectivity index (χ4n) is 2.19. The predicted molar refractivity (Wildman–Crippen MR) is 116 cm³/mol. The maximum Gasteiger partial charge on any atom is 0.274 e. The van der Waals surface area contributed by atoms with Crippen molar-refractivity contribution in [1.82, 2.24) is 4.98 Å². The molecule has 1 atom stereocenters. The second-order valence-corrected chi connectivity index (χ2v) is 5.87. The molecular weight excluding hydrogens is 435 g/mol. The number of amides is 1. The molecule has 1 aromatic heterocycles. The summed E-state index contributed by atoms with van der Waals surface area (Å²) in [6.07, 6.45) is 0.979. The van der Waals surface area contributed by atoms with E-state index in [1.54, 1.807) is 6.92 Å². The SMILES string of the molecule is C.CF.C[C@H]1COCC(N)=N1.Cc1cc(F)cnc1C(=O)Nc1ccc(F)cc1.FCF. The molecule has 0 unspecified atom stereocenters. The lowest BCUT2D eigenvalue weighted by Crippen LogP contribution is -2.29. The topological polar surface area (TPSA) is 89.6 Å². The second kappa shape index (κ2) is 17.6. The maximum absolute atomic E-state index is 12.8. The van der Waals surface area contributed by atoms with Gasteiger partial charge in [-0.3, -0.25) is 14.2 Å². The Morgan fingerprint density at radius 2 is 1.75 bits per heavy atom. The molecule has 1 amide bonds. The van der Waals surface area contributed by atoms with Gasteiger partial charge in [0.25, 0.3) is 5.91 Å². The zero-order chi connectivity index (χ0) is 23.8. The lowest BCUT2D eigenvalue weighted by molar-refractivity contribution is 0.102. The molecule has 2 heterocycles. The molecule has 1 aliphatic rings. The third kappa shape index (κ3) is 12.6. The zero-order valence-electron chi connectivity index (χ0n) is 17.3. The van der Waals surface area contributed by atoms with E-state index < -0.39 is 18.7 Å². The Balaban J connectivity index is 0. The van der Waals surface area contributed by atoms with Crippen molar-refractivity contribution in [2.45, 2.75) is 27.3 Å². The number of pyridine rings is 1. The van der Waals surface area contributed by atoms with Crippen LogP contribution in [0.15, 0.2) is 41.5 Å². The first kappa shape index (κ1) is 31.1. The average Bonchev–Trinajstić information content (AvgIpc) is 2.72. The van der Waals surface area contributed by atoms with Crippen LogP contribution in [0.5, 0.6) is 0 Å². The van der Waals surface area contributed by atoms with Crippen LogP contribution in [-0.2, 0) is 4.74 Å². The third-order valence-electron chi connectivity index (χ3n) is 3.36. The van der Waals surface area contributed by atoms with Gasteiger partial charge < -0.3 is 15.8 Å². The van der Waals surface area contributed by atoms with Crippen LogP contribution < -0.4 is 11.1 Å². The molecule has 0 spiro atoms. The first-order valence-electron chi connectivity index (χ1n) is 8.85. The lowest BCUT2D eigenvalue weighted by atomic mass is 10.2. The highest BCUT2D eigenvalue weighted by atomic mass is 19.3. The van der Waals surface area contributed by atoms with Crippen LogP contribution in [0.1, 0.15) is 30.4 Å². The highest BCUT2D eigenvalue weighted by Crippen LogP contribution is 2.12. The number of anilines is 1. The smallest absolute Gasteiger partial charge is 0.274 e. The van der Waals surface area contributed by atoms with Gasteiger partial charge in [0.1, 0.15) is 29.8 Å². The summed E-state index contributed by atoms with van der Waals surface area (Å²) in [4.78, 5) is 19.6. The van der Waals surface area contributed by atoms with Gasteiger partial charge in [0.15, 0.2) is 0 Å². The molecule has 0 bridgehead atoms. The van der Waals surface area contributed by atoms with E-state index >= 15 is 0 Å². The van der Waals surface area contributed by atoms with E-state index in [0.717, 1.165) is 6.20 Å². The molecule has 11 heteroatoms. The van der Waals surface area contributed by atoms with Crippen LogP contribution in [0.4, 0.5) is 27.6 Å². The molecule has 0 aliphatic carbocycles. The van der Waals surface area contributed by atoms with Crippen molar-refractivity contribution in [3.8, 4) is 0 Å². The molecule has 1 aromatic carbocycles. The van der Waals surface area contributed by atoms with Crippen LogP contribution in [0.3, 0.4) is 0 Å². The number of aromatic nitrogens is 1. The first-order valence-corrected chi connectivity index (χ1v) is 8.85. The number of nitrogens with two attached hydrogens (primary N) is 1. The molecule has 32 heavy (non-hydrogen) atoms. The monoisotopic (exact) mass is 464 g/mol. The van der Waals surface area contributed by atoms with Crippen LogP contribution in [0, 0.1) is 18.6 Å². The normalized spacial score (nSPS) is 13.9. The summed E-state index contributed by atoms with van der Waals surface area (Å²) in [5.41, 5.74) is 6.38. The Hall–Kier alpha value is -3.08. The van der Waals surface area contributed by atoms with E-state index in [9.17, 15) is 26.7 Å². The lowest BCUT2D eigenvalue weighted by Gasteiger charge is -2.13. The van der Waals surface area contributed by atoms with Crippen LogP contribution >= 0.6 is 0 Å². The van der Waals surface area contributed by atoms with E-state index in [-0.39, 0.29) is 25.0 Å². The number of hydrogen-bond acceptors (Lipinski definition) is 5. The maximum atomic E-state index is 12.8. The number of carbonyl (C=O) groups is 1. The van der Waals surface area contributed by atoms with Crippen LogP contribution in [0.25, 0.3) is 0 Å². The highest BCUT2D eigenvalue weighted by molar-refractivity contribution is 6.03. The number of aryl methyl sites for hydroxylation is 1. The summed E-state index contributed by atoms with van der Waals surface area (Å²) in [6, 6.07) is 6.83. The molecule has 180 valence electrons. The molecule has 3 rings (SSSR count). The molecule has 3 N–H and O–H groups in total. The molecule has 0 radical (unpaired) electrons. The van der Waals surface area contributed by atoms with Crippen LogP contribution in [-0.4, -0.2) is 50.1 Å². The van der Waals surface area contributed by atoms with Gasteiger partial charge >= 0.3 is 0 Å². The minimum atomic E-state index is -1.75. The van der Waals surface area contributed by atoms with Crippen molar-refractivity contribution in [3.63, 3.8) is 0 Å². The van der Waals surface area contributed by atoms with Crippen molar-refractivity contribution in [2.75, 3.05) is 32.6 Å². The third-order valence-corrected chi connectivity index (χ3v) is 3.36. The summed E-state index contributed by atoms with van der Waals surface area (Å²) in [6.45, 7) is 3.03. The standard InChI is InChI=1S/C13H10F2N2O.C5H10N2O.CH2F2.CH3F.CH4/c1-8-6-10(15)7-16-12(8)13(18)17-11-4-2-9(14)3-5-11;1-4-2-8-3-5(6)7-4;2-1-3;1-2;/h2-7H,1H3,(H,17,18);4H,2-3H2,1H3,(H2,6,7);1H2;1H3;1H4/t;4-;;;/m.0.../s1. The summed E-state index contributed by atoms with van der Waals surface area (Å²) in [5.74, 6) is -0.724. The van der Waals surface area contributed by atoms with Gasteiger partial charge in [0.05, 0.1) is 26.0 Å². The number of amidine groups is 1.